The van der Waals surface area contributed by atoms with Crippen LogP contribution in [-0.2, 0) is 22.6 Å². The van der Waals surface area contributed by atoms with E-state index in [0.717, 1.165) is 11.8 Å². The largest absolute Gasteiger partial charge is 0.493 e. The number of methoxy groups -OCH3 is 3. The first-order valence-electron chi connectivity index (χ1n) is 11.7. The van der Waals surface area contributed by atoms with Crippen molar-refractivity contribution in [1.29, 1.82) is 0 Å². The molecule has 3 rings (SSSR count). The molecule has 0 aliphatic heterocycles. The number of benzene rings is 2. The number of nitrogens with one attached hydrogen (secondary N) is 3. The van der Waals surface area contributed by atoms with Gasteiger partial charge in [0, 0.05) is 50.1 Å². The van der Waals surface area contributed by atoms with Crippen LogP contribution in [0.25, 0.3) is 0 Å². The molecule has 1 heterocycles. The number of amides is 1. The van der Waals surface area contributed by atoms with E-state index in [4.69, 9.17) is 14.2 Å². The number of hydrogen-bond donors (Lipinski definition) is 4. The third-order valence-corrected chi connectivity index (χ3v) is 6.37. The van der Waals surface area contributed by atoms with Gasteiger partial charge in [0.1, 0.15) is 0 Å². The Bertz CT molecular complexity index is 1320. The second-order valence-electron chi connectivity index (χ2n) is 8.23. The lowest BCUT2D eigenvalue weighted by Crippen LogP contribution is -2.35. The number of nitrogens with zero attached hydrogens (tertiary/aromatic N) is 3. The first-order valence-corrected chi connectivity index (χ1v) is 12.8. The SMILES string of the molecule is COc1cc(Nc2ncc(F)c(Nc3cccc(C)c3CN(CCNC(C)=O)S(=O)O)n2)cc(OC)c1OC. The van der Waals surface area contributed by atoms with E-state index < -0.39 is 17.1 Å². The first kappa shape index (κ1) is 29.5. The highest BCUT2D eigenvalue weighted by molar-refractivity contribution is 7.76. The summed E-state index contributed by atoms with van der Waals surface area (Å²) >= 11 is -2.31. The van der Waals surface area contributed by atoms with Crippen LogP contribution in [-0.4, -0.2) is 63.4 Å². The molecule has 1 aromatic heterocycles. The fourth-order valence-corrected chi connectivity index (χ4v) is 4.19. The summed E-state index contributed by atoms with van der Waals surface area (Å²) in [5.41, 5.74) is 2.46. The van der Waals surface area contributed by atoms with E-state index in [2.05, 4.69) is 25.9 Å². The Morgan fingerprint density at radius 1 is 1.13 bits per heavy atom. The van der Waals surface area contributed by atoms with E-state index >= 15 is 0 Å². The number of aromatic nitrogens is 2. The number of hydrogen-bond acceptors (Lipinski definition) is 9. The molecule has 4 N–H and O–H groups in total. The number of anilines is 4. The van der Waals surface area contributed by atoms with E-state index in [1.54, 1.807) is 24.3 Å². The first-order chi connectivity index (χ1) is 18.7. The van der Waals surface area contributed by atoms with Gasteiger partial charge in [-0.2, -0.15) is 9.29 Å². The zero-order valence-electron chi connectivity index (χ0n) is 22.2. The maximum absolute atomic E-state index is 14.8. The number of carbonyl (C=O) groups excluding carboxylic acids is 1. The molecule has 0 saturated heterocycles. The molecule has 14 heteroatoms. The van der Waals surface area contributed by atoms with Crippen molar-refractivity contribution in [2.24, 2.45) is 0 Å². The highest BCUT2D eigenvalue weighted by Crippen LogP contribution is 2.40. The molecule has 12 nitrogen and oxygen atoms in total. The van der Waals surface area contributed by atoms with Crippen LogP contribution in [0.2, 0.25) is 0 Å². The van der Waals surface area contributed by atoms with Gasteiger partial charge in [0.25, 0.3) is 0 Å². The highest BCUT2D eigenvalue weighted by atomic mass is 32.2. The predicted molar refractivity (Wildman–Crippen MR) is 146 cm³/mol. The average molecular weight is 563 g/mol. The van der Waals surface area contributed by atoms with E-state index in [0.29, 0.717) is 34.2 Å². The van der Waals surface area contributed by atoms with Gasteiger partial charge in [-0.3, -0.25) is 9.35 Å². The minimum atomic E-state index is -2.31. The average Bonchev–Trinajstić information content (AvgIpc) is 2.90. The second-order valence-corrected chi connectivity index (χ2v) is 9.21. The van der Waals surface area contributed by atoms with Crippen LogP contribution >= 0.6 is 0 Å². The Balaban J connectivity index is 1.88. The Labute approximate surface area is 228 Å². The molecule has 1 amide bonds. The van der Waals surface area contributed by atoms with Crippen molar-refractivity contribution in [2.75, 3.05) is 45.1 Å². The van der Waals surface area contributed by atoms with E-state index in [1.807, 2.05) is 13.0 Å². The zero-order chi connectivity index (χ0) is 28.5. The lowest BCUT2D eigenvalue weighted by Gasteiger charge is -2.21. The van der Waals surface area contributed by atoms with Crippen molar-refractivity contribution in [1.82, 2.24) is 19.6 Å². The van der Waals surface area contributed by atoms with Crippen LogP contribution in [0.15, 0.2) is 36.5 Å². The maximum Gasteiger partial charge on any atom is 0.234 e. The molecule has 0 radical (unpaired) electrons. The molecule has 0 spiro atoms. The second kappa shape index (κ2) is 13.7. The smallest absolute Gasteiger partial charge is 0.234 e. The number of rotatable bonds is 13. The number of ether oxygens (including phenoxy) is 3. The van der Waals surface area contributed by atoms with Crippen molar-refractivity contribution in [3.8, 4) is 17.2 Å². The molecule has 0 aliphatic rings. The molecular weight excluding hydrogens is 531 g/mol. The summed E-state index contributed by atoms with van der Waals surface area (Å²) in [5.74, 6) is 0.271. The molecule has 210 valence electrons. The van der Waals surface area contributed by atoms with E-state index in [9.17, 15) is 17.9 Å². The standard InChI is InChI=1S/C25H31FN6O6S/c1-15-7-6-8-20(18(15)14-32(39(34)35)10-9-27-16(2)33)30-24-19(26)13-28-25(31-24)29-17-11-21(36-3)23(38-5)22(12-17)37-4/h6-8,11-13H,9-10,14H2,1-5H3,(H,27,33)(H,34,35)(H2,28,29,30,31). The van der Waals surface area contributed by atoms with Gasteiger partial charge in [0.2, 0.25) is 28.9 Å². The van der Waals surface area contributed by atoms with Gasteiger partial charge >= 0.3 is 0 Å². The molecule has 0 bridgehead atoms. The van der Waals surface area contributed by atoms with Gasteiger partial charge in [-0.15, -0.1) is 0 Å². The van der Waals surface area contributed by atoms with Gasteiger partial charge in [0.15, 0.2) is 23.1 Å². The lowest BCUT2D eigenvalue weighted by molar-refractivity contribution is -0.118. The van der Waals surface area contributed by atoms with Crippen molar-refractivity contribution < 1.29 is 32.2 Å². The fraction of sp³-hybridized carbons (Fsp3) is 0.320. The van der Waals surface area contributed by atoms with Gasteiger partial charge in [-0.1, -0.05) is 12.1 Å². The van der Waals surface area contributed by atoms with Gasteiger partial charge in [-0.25, -0.2) is 13.6 Å². The molecular formula is C25H31FN6O6S. The van der Waals surface area contributed by atoms with E-state index in [1.165, 1.54) is 32.6 Å². The summed E-state index contributed by atoms with van der Waals surface area (Å²) in [6.07, 6.45) is 1.02. The van der Waals surface area contributed by atoms with E-state index in [-0.39, 0.29) is 37.3 Å². The highest BCUT2D eigenvalue weighted by Gasteiger charge is 2.18. The maximum atomic E-state index is 14.8. The number of halogens is 1. The zero-order valence-corrected chi connectivity index (χ0v) is 23.0. The van der Waals surface area contributed by atoms with Crippen LogP contribution in [0.3, 0.4) is 0 Å². The van der Waals surface area contributed by atoms with Crippen molar-refractivity contribution in [3.63, 3.8) is 0 Å². The van der Waals surface area contributed by atoms with Crippen LogP contribution in [0.5, 0.6) is 17.2 Å². The summed E-state index contributed by atoms with van der Waals surface area (Å²) in [5, 5.41) is 8.58. The third kappa shape index (κ3) is 7.75. The summed E-state index contributed by atoms with van der Waals surface area (Å²) < 4.78 is 53.9. The summed E-state index contributed by atoms with van der Waals surface area (Å²) in [6, 6.07) is 8.63. The predicted octanol–water partition coefficient (Wildman–Crippen LogP) is 3.51. The summed E-state index contributed by atoms with van der Waals surface area (Å²) in [7, 11) is 4.48. The molecule has 2 aromatic carbocycles. The minimum absolute atomic E-state index is 0.0565. The van der Waals surface area contributed by atoms with Crippen LogP contribution in [0, 0.1) is 12.7 Å². The van der Waals surface area contributed by atoms with Gasteiger partial charge < -0.3 is 30.2 Å². The molecule has 39 heavy (non-hydrogen) atoms. The van der Waals surface area contributed by atoms with Gasteiger partial charge in [0.05, 0.1) is 27.5 Å². The molecule has 0 aliphatic carbocycles. The monoisotopic (exact) mass is 562 g/mol. The fourth-order valence-electron chi connectivity index (χ4n) is 3.70. The molecule has 1 atom stereocenters. The number of aryl methyl sites for hydroxylation is 1. The Morgan fingerprint density at radius 2 is 1.82 bits per heavy atom. The Kier molecular flexibility index (Phi) is 10.4. The quantitative estimate of drug-likeness (QED) is 0.228. The Morgan fingerprint density at radius 3 is 2.41 bits per heavy atom. The molecule has 0 saturated carbocycles. The topological polar surface area (TPSA) is 147 Å². The number of carbonyl (C=O) groups is 1. The molecule has 1 unspecified atom stereocenters. The normalized spacial score (nSPS) is 11.6. The lowest BCUT2D eigenvalue weighted by atomic mass is 10.1. The molecule has 0 fully saturated rings. The Hall–Kier alpha value is -4.01. The molecule has 3 aromatic rings. The van der Waals surface area contributed by atoms with Crippen LogP contribution in [0.1, 0.15) is 18.1 Å². The summed E-state index contributed by atoms with van der Waals surface area (Å²) in [4.78, 5) is 19.5. The van der Waals surface area contributed by atoms with Crippen molar-refractivity contribution >= 4 is 40.3 Å². The minimum Gasteiger partial charge on any atom is -0.493 e. The van der Waals surface area contributed by atoms with Crippen molar-refractivity contribution in [2.45, 2.75) is 20.4 Å². The van der Waals surface area contributed by atoms with Gasteiger partial charge in [-0.05, 0) is 24.1 Å². The van der Waals surface area contributed by atoms with Crippen LogP contribution in [0.4, 0.5) is 27.5 Å². The van der Waals surface area contributed by atoms with Crippen molar-refractivity contribution in [3.05, 3.63) is 53.5 Å². The van der Waals surface area contributed by atoms with Crippen LogP contribution < -0.4 is 30.2 Å². The third-order valence-electron chi connectivity index (χ3n) is 5.62. The summed E-state index contributed by atoms with van der Waals surface area (Å²) in [6.45, 7) is 3.57.